The van der Waals surface area contributed by atoms with Gasteiger partial charge in [-0.2, -0.15) is 5.26 Å². The molecule has 0 aromatic rings. The van der Waals surface area contributed by atoms with E-state index in [2.05, 4.69) is 12.2 Å². The molecule has 56 valence electrons. The number of nitrogens with zero attached hydrogens (tertiary/aromatic N) is 1. The summed E-state index contributed by atoms with van der Waals surface area (Å²) in [5.41, 5.74) is 0. The van der Waals surface area contributed by atoms with E-state index in [9.17, 15) is 0 Å². The van der Waals surface area contributed by atoms with Gasteiger partial charge in [0.15, 0.2) is 6.19 Å². The van der Waals surface area contributed by atoms with E-state index in [-0.39, 0.29) is 0 Å². The standard InChI is InChI=1S/C8H14N2/c1-7-3-2-4-8(5-7)10-6-9/h7-8,10H,2-5H2,1H3. The van der Waals surface area contributed by atoms with Crippen LogP contribution in [0.4, 0.5) is 0 Å². The molecule has 0 aromatic heterocycles. The molecule has 1 saturated carbocycles. The van der Waals surface area contributed by atoms with E-state index >= 15 is 0 Å². The first-order chi connectivity index (χ1) is 4.83. The zero-order valence-electron chi connectivity index (χ0n) is 6.43. The molecule has 1 aliphatic carbocycles. The zero-order valence-corrected chi connectivity index (χ0v) is 6.43. The Labute approximate surface area is 62.2 Å². The summed E-state index contributed by atoms with van der Waals surface area (Å²) in [5, 5.41) is 11.2. The molecule has 0 radical (unpaired) electrons. The molecule has 1 fully saturated rings. The van der Waals surface area contributed by atoms with Crippen LogP contribution in [-0.2, 0) is 0 Å². The minimum atomic E-state index is 0.466. The molecule has 2 heteroatoms. The van der Waals surface area contributed by atoms with Gasteiger partial charge in [0, 0.05) is 6.04 Å². The molecule has 1 N–H and O–H groups in total. The van der Waals surface area contributed by atoms with Gasteiger partial charge in [-0.15, -0.1) is 0 Å². The summed E-state index contributed by atoms with van der Waals surface area (Å²) in [6.07, 6.45) is 6.98. The Balaban J connectivity index is 2.27. The van der Waals surface area contributed by atoms with E-state index in [1.165, 1.54) is 25.7 Å². The van der Waals surface area contributed by atoms with Gasteiger partial charge >= 0.3 is 0 Å². The van der Waals surface area contributed by atoms with Crippen molar-refractivity contribution in [2.45, 2.75) is 38.6 Å². The third kappa shape index (κ3) is 1.91. The Hall–Kier alpha value is -0.710. The highest BCUT2D eigenvalue weighted by atomic mass is 14.9. The molecule has 0 bridgehead atoms. The topological polar surface area (TPSA) is 35.8 Å². The second-order valence-corrected chi connectivity index (χ2v) is 3.22. The van der Waals surface area contributed by atoms with Crippen molar-refractivity contribution in [1.82, 2.24) is 5.32 Å². The number of hydrogen-bond donors (Lipinski definition) is 1. The van der Waals surface area contributed by atoms with Crippen LogP contribution in [0.25, 0.3) is 0 Å². The second-order valence-electron chi connectivity index (χ2n) is 3.22. The van der Waals surface area contributed by atoms with Crippen LogP contribution in [0, 0.1) is 17.4 Å². The highest BCUT2D eigenvalue weighted by molar-refractivity contribution is 4.81. The van der Waals surface area contributed by atoms with Gasteiger partial charge in [0.05, 0.1) is 0 Å². The summed E-state index contributed by atoms with van der Waals surface area (Å²) in [5.74, 6) is 0.805. The lowest BCUT2D eigenvalue weighted by atomic mass is 9.87. The van der Waals surface area contributed by atoms with Crippen molar-refractivity contribution in [3.63, 3.8) is 0 Å². The molecular weight excluding hydrogens is 124 g/mol. The first-order valence-corrected chi connectivity index (χ1v) is 3.97. The molecule has 0 heterocycles. The Kier molecular flexibility index (Phi) is 2.56. The number of hydrogen-bond acceptors (Lipinski definition) is 2. The first-order valence-electron chi connectivity index (χ1n) is 3.97. The molecule has 0 saturated heterocycles. The Morgan fingerprint density at radius 1 is 1.50 bits per heavy atom. The fraction of sp³-hybridized carbons (Fsp3) is 0.875. The van der Waals surface area contributed by atoms with Gasteiger partial charge in [0.25, 0.3) is 0 Å². The molecule has 1 rings (SSSR count). The highest BCUT2D eigenvalue weighted by Crippen LogP contribution is 2.22. The van der Waals surface area contributed by atoms with Gasteiger partial charge in [-0.1, -0.05) is 19.8 Å². The second kappa shape index (κ2) is 3.46. The maximum absolute atomic E-state index is 8.34. The molecule has 0 amide bonds. The van der Waals surface area contributed by atoms with Crippen LogP contribution in [0.15, 0.2) is 0 Å². The smallest absolute Gasteiger partial charge is 0.176 e. The van der Waals surface area contributed by atoms with Gasteiger partial charge in [0.2, 0.25) is 0 Å². The van der Waals surface area contributed by atoms with E-state index in [1.54, 1.807) is 0 Å². The number of rotatable bonds is 1. The Morgan fingerprint density at radius 2 is 2.30 bits per heavy atom. The van der Waals surface area contributed by atoms with Crippen LogP contribution in [-0.4, -0.2) is 6.04 Å². The molecule has 2 nitrogen and oxygen atoms in total. The van der Waals surface area contributed by atoms with E-state index in [0.29, 0.717) is 6.04 Å². The average Bonchev–Trinajstić information content (AvgIpc) is 1.88. The van der Waals surface area contributed by atoms with Crippen LogP contribution < -0.4 is 5.32 Å². The fourth-order valence-electron chi connectivity index (χ4n) is 1.66. The normalized spacial score (nSPS) is 32.8. The quantitative estimate of drug-likeness (QED) is 0.441. The van der Waals surface area contributed by atoms with Gasteiger partial charge in [-0.05, 0) is 18.8 Å². The summed E-state index contributed by atoms with van der Waals surface area (Å²) >= 11 is 0. The van der Waals surface area contributed by atoms with Crippen molar-refractivity contribution in [3.8, 4) is 6.19 Å². The average molecular weight is 138 g/mol. The molecule has 1 aliphatic rings. The van der Waals surface area contributed by atoms with E-state index in [0.717, 1.165) is 5.92 Å². The minimum absolute atomic E-state index is 0.466. The predicted octanol–water partition coefficient (Wildman–Crippen LogP) is 1.64. The molecule has 10 heavy (non-hydrogen) atoms. The van der Waals surface area contributed by atoms with Crippen molar-refractivity contribution in [2.24, 2.45) is 5.92 Å². The lowest BCUT2D eigenvalue weighted by Crippen LogP contribution is -2.29. The highest BCUT2D eigenvalue weighted by Gasteiger charge is 2.17. The van der Waals surface area contributed by atoms with Crippen molar-refractivity contribution in [3.05, 3.63) is 0 Å². The van der Waals surface area contributed by atoms with Crippen molar-refractivity contribution < 1.29 is 0 Å². The monoisotopic (exact) mass is 138 g/mol. The zero-order chi connectivity index (χ0) is 7.40. The molecule has 0 spiro atoms. The Bertz CT molecular complexity index is 137. The van der Waals surface area contributed by atoms with Crippen LogP contribution >= 0.6 is 0 Å². The Morgan fingerprint density at radius 3 is 2.90 bits per heavy atom. The summed E-state index contributed by atoms with van der Waals surface area (Å²) in [6.45, 7) is 2.26. The largest absolute Gasteiger partial charge is 0.321 e. The molecular formula is C8H14N2. The molecule has 0 aromatic carbocycles. The minimum Gasteiger partial charge on any atom is -0.321 e. The van der Waals surface area contributed by atoms with Crippen molar-refractivity contribution >= 4 is 0 Å². The number of nitriles is 1. The van der Waals surface area contributed by atoms with Crippen LogP contribution in [0.2, 0.25) is 0 Å². The van der Waals surface area contributed by atoms with Gasteiger partial charge < -0.3 is 5.32 Å². The van der Waals surface area contributed by atoms with E-state index in [4.69, 9.17) is 5.26 Å². The molecule has 2 atom stereocenters. The van der Waals surface area contributed by atoms with Crippen LogP contribution in [0.3, 0.4) is 0 Å². The molecule has 0 aliphatic heterocycles. The van der Waals surface area contributed by atoms with Crippen LogP contribution in [0.1, 0.15) is 32.6 Å². The van der Waals surface area contributed by atoms with Crippen LogP contribution in [0.5, 0.6) is 0 Å². The lowest BCUT2D eigenvalue weighted by molar-refractivity contribution is 0.322. The fourth-order valence-corrected chi connectivity index (χ4v) is 1.66. The van der Waals surface area contributed by atoms with Crippen molar-refractivity contribution in [2.75, 3.05) is 0 Å². The SMILES string of the molecule is CC1CCCC(NC#N)C1. The third-order valence-corrected chi connectivity index (χ3v) is 2.21. The van der Waals surface area contributed by atoms with Gasteiger partial charge in [-0.25, -0.2) is 0 Å². The summed E-state index contributed by atoms with van der Waals surface area (Å²) < 4.78 is 0. The summed E-state index contributed by atoms with van der Waals surface area (Å²) in [6, 6.07) is 0.466. The summed E-state index contributed by atoms with van der Waals surface area (Å²) in [4.78, 5) is 0. The third-order valence-electron chi connectivity index (χ3n) is 2.21. The lowest BCUT2D eigenvalue weighted by Gasteiger charge is -2.25. The first kappa shape index (κ1) is 7.40. The summed E-state index contributed by atoms with van der Waals surface area (Å²) in [7, 11) is 0. The molecule has 2 unspecified atom stereocenters. The van der Waals surface area contributed by atoms with Gasteiger partial charge in [0.1, 0.15) is 0 Å². The van der Waals surface area contributed by atoms with E-state index in [1.807, 2.05) is 6.19 Å². The van der Waals surface area contributed by atoms with Crippen molar-refractivity contribution in [1.29, 1.82) is 5.26 Å². The van der Waals surface area contributed by atoms with E-state index < -0.39 is 0 Å². The predicted molar refractivity (Wildman–Crippen MR) is 40.2 cm³/mol. The maximum Gasteiger partial charge on any atom is 0.176 e. The maximum atomic E-state index is 8.34. The number of nitrogens with one attached hydrogen (secondary N) is 1. The van der Waals surface area contributed by atoms with Gasteiger partial charge in [-0.3, -0.25) is 0 Å².